The van der Waals surface area contributed by atoms with Crippen molar-refractivity contribution >= 4 is 11.6 Å². The third-order valence-corrected chi connectivity index (χ3v) is 1.55. The van der Waals surface area contributed by atoms with Crippen LogP contribution in [0.25, 0.3) is 0 Å². The van der Waals surface area contributed by atoms with Gasteiger partial charge >= 0.3 is 0 Å². The smallest absolute Gasteiger partial charge is 0.128 e. The van der Waals surface area contributed by atoms with Crippen LogP contribution in [0.2, 0.25) is 5.02 Å². The SMILES string of the molecule is CN=c1cc(Cl)ccn1C. The molecule has 0 fully saturated rings. The highest BCUT2D eigenvalue weighted by Gasteiger charge is 1.86. The van der Waals surface area contributed by atoms with Gasteiger partial charge in [0.2, 0.25) is 0 Å². The summed E-state index contributed by atoms with van der Waals surface area (Å²) in [6.07, 6.45) is 1.88. The number of nitrogens with zero attached hydrogens (tertiary/aromatic N) is 2. The van der Waals surface area contributed by atoms with Crippen LogP contribution in [0.3, 0.4) is 0 Å². The summed E-state index contributed by atoms with van der Waals surface area (Å²) in [5.74, 6) is 0. The van der Waals surface area contributed by atoms with Crippen molar-refractivity contribution in [2.24, 2.45) is 12.0 Å². The second kappa shape index (κ2) is 2.88. The Kier molecular flexibility index (Phi) is 2.12. The normalized spacial score (nSPS) is 12.1. The van der Waals surface area contributed by atoms with Crippen molar-refractivity contribution in [3.05, 3.63) is 28.8 Å². The second-order valence-corrected chi connectivity index (χ2v) is 2.47. The maximum absolute atomic E-state index is 5.72. The Morgan fingerprint density at radius 1 is 1.60 bits per heavy atom. The highest BCUT2D eigenvalue weighted by molar-refractivity contribution is 6.30. The Balaban J connectivity index is 3.37. The summed E-state index contributed by atoms with van der Waals surface area (Å²) in [6, 6.07) is 3.65. The minimum Gasteiger partial charge on any atom is -0.336 e. The topological polar surface area (TPSA) is 17.3 Å². The molecule has 0 radical (unpaired) electrons. The first-order valence-corrected chi connectivity index (χ1v) is 3.37. The Morgan fingerprint density at radius 2 is 2.30 bits per heavy atom. The van der Waals surface area contributed by atoms with E-state index in [9.17, 15) is 0 Å². The molecule has 0 aromatic carbocycles. The van der Waals surface area contributed by atoms with Gasteiger partial charge in [-0.1, -0.05) is 11.6 Å². The summed E-state index contributed by atoms with van der Waals surface area (Å²) >= 11 is 5.72. The zero-order valence-electron chi connectivity index (χ0n) is 6.00. The predicted octanol–water partition coefficient (Wildman–Crippen LogP) is 1.21. The van der Waals surface area contributed by atoms with Crippen molar-refractivity contribution in [2.75, 3.05) is 7.05 Å². The van der Waals surface area contributed by atoms with Gasteiger partial charge in [-0.05, 0) is 12.1 Å². The third kappa shape index (κ3) is 1.39. The number of hydrogen-bond acceptors (Lipinski definition) is 1. The molecular formula is C7H9ClN2. The van der Waals surface area contributed by atoms with Crippen LogP contribution in [0.4, 0.5) is 0 Å². The average Bonchev–Trinajstić information content (AvgIpc) is 1.94. The van der Waals surface area contributed by atoms with Crippen LogP contribution in [-0.2, 0) is 7.05 Å². The number of aryl methyl sites for hydroxylation is 1. The van der Waals surface area contributed by atoms with E-state index in [1.54, 1.807) is 7.05 Å². The molecule has 1 aromatic heterocycles. The molecular weight excluding hydrogens is 148 g/mol. The summed E-state index contributed by atoms with van der Waals surface area (Å²) in [5.41, 5.74) is 0.882. The molecule has 54 valence electrons. The minimum atomic E-state index is 0.721. The minimum absolute atomic E-state index is 0.721. The first-order valence-electron chi connectivity index (χ1n) is 2.99. The quantitative estimate of drug-likeness (QED) is 0.538. The van der Waals surface area contributed by atoms with Gasteiger partial charge in [0.15, 0.2) is 0 Å². The van der Waals surface area contributed by atoms with E-state index in [4.69, 9.17) is 11.6 Å². The maximum atomic E-state index is 5.72. The Labute approximate surface area is 64.8 Å². The molecule has 10 heavy (non-hydrogen) atoms. The van der Waals surface area contributed by atoms with Gasteiger partial charge in [0, 0.05) is 25.3 Å². The molecule has 1 aromatic rings. The van der Waals surface area contributed by atoms with Crippen molar-refractivity contribution in [1.82, 2.24) is 4.57 Å². The molecule has 2 nitrogen and oxygen atoms in total. The zero-order valence-corrected chi connectivity index (χ0v) is 6.76. The van der Waals surface area contributed by atoms with Crippen molar-refractivity contribution in [3.8, 4) is 0 Å². The van der Waals surface area contributed by atoms with E-state index in [2.05, 4.69) is 4.99 Å². The maximum Gasteiger partial charge on any atom is 0.128 e. The summed E-state index contributed by atoms with van der Waals surface area (Å²) in [5, 5.41) is 0.721. The van der Waals surface area contributed by atoms with Gasteiger partial charge in [0.25, 0.3) is 0 Å². The predicted molar refractivity (Wildman–Crippen MR) is 41.9 cm³/mol. The second-order valence-electron chi connectivity index (χ2n) is 2.04. The lowest BCUT2D eigenvalue weighted by Gasteiger charge is -1.97. The fourth-order valence-electron chi connectivity index (χ4n) is 0.755. The fraction of sp³-hybridized carbons (Fsp3) is 0.286. The van der Waals surface area contributed by atoms with Crippen LogP contribution in [0.5, 0.6) is 0 Å². The van der Waals surface area contributed by atoms with E-state index >= 15 is 0 Å². The molecule has 0 aliphatic carbocycles. The van der Waals surface area contributed by atoms with Crippen molar-refractivity contribution in [1.29, 1.82) is 0 Å². The molecule has 0 unspecified atom stereocenters. The largest absolute Gasteiger partial charge is 0.336 e. The van der Waals surface area contributed by atoms with Crippen LogP contribution in [0, 0.1) is 0 Å². The molecule has 1 heterocycles. The van der Waals surface area contributed by atoms with Crippen LogP contribution in [0.1, 0.15) is 0 Å². The molecule has 0 bridgehead atoms. The van der Waals surface area contributed by atoms with Gasteiger partial charge in [-0.2, -0.15) is 0 Å². The first kappa shape index (κ1) is 7.35. The lowest BCUT2D eigenvalue weighted by Crippen LogP contribution is -2.15. The van der Waals surface area contributed by atoms with Crippen molar-refractivity contribution in [2.45, 2.75) is 0 Å². The first-order chi connectivity index (χ1) is 4.74. The highest BCUT2D eigenvalue weighted by Crippen LogP contribution is 2.00. The van der Waals surface area contributed by atoms with Crippen molar-refractivity contribution in [3.63, 3.8) is 0 Å². The molecule has 0 saturated heterocycles. The summed E-state index contributed by atoms with van der Waals surface area (Å²) in [6.45, 7) is 0. The lowest BCUT2D eigenvalue weighted by molar-refractivity contribution is 0.828. The van der Waals surface area contributed by atoms with Gasteiger partial charge in [-0.25, -0.2) is 0 Å². The highest BCUT2D eigenvalue weighted by atomic mass is 35.5. The molecule has 0 saturated carbocycles. The monoisotopic (exact) mass is 156 g/mol. The van der Waals surface area contributed by atoms with E-state index < -0.39 is 0 Å². The van der Waals surface area contributed by atoms with Crippen LogP contribution in [-0.4, -0.2) is 11.6 Å². The summed E-state index contributed by atoms with van der Waals surface area (Å²) in [7, 11) is 3.67. The molecule has 0 N–H and O–H groups in total. The van der Waals surface area contributed by atoms with Gasteiger partial charge in [0.05, 0.1) is 0 Å². The number of aromatic nitrogens is 1. The molecule has 1 rings (SSSR count). The van der Waals surface area contributed by atoms with E-state index in [0.717, 1.165) is 10.5 Å². The number of rotatable bonds is 0. The third-order valence-electron chi connectivity index (χ3n) is 1.31. The van der Waals surface area contributed by atoms with Gasteiger partial charge in [-0.15, -0.1) is 0 Å². The van der Waals surface area contributed by atoms with Crippen LogP contribution in [0.15, 0.2) is 23.3 Å². The molecule has 0 aliphatic heterocycles. The van der Waals surface area contributed by atoms with Crippen LogP contribution < -0.4 is 5.49 Å². The van der Waals surface area contributed by atoms with Gasteiger partial charge in [-0.3, -0.25) is 4.99 Å². The summed E-state index contributed by atoms with van der Waals surface area (Å²) < 4.78 is 1.91. The molecule has 0 spiro atoms. The van der Waals surface area contributed by atoms with Crippen LogP contribution >= 0.6 is 11.6 Å². The zero-order chi connectivity index (χ0) is 7.56. The standard InChI is InChI=1S/C7H9ClN2/c1-9-7-5-6(8)3-4-10(7)2/h3-5H,1-2H3. The fourth-order valence-corrected chi connectivity index (χ4v) is 0.909. The molecule has 0 atom stereocenters. The molecule has 0 amide bonds. The number of pyridine rings is 1. The van der Waals surface area contributed by atoms with Gasteiger partial charge < -0.3 is 4.57 Å². The van der Waals surface area contributed by atoms with Crippen molar-refractivity contribution < 1.29 is 0 Å². The van der Waals surface area contributed by atoms with Gasteiger partial charge in [0.1, 0.15) is 5.49 Å². The average molecular weight is 157 g/mol. The Bertz CT molecular complexity index is 288. The lowest BCUT2D eigenvalue weighted by atomic mass is 10.5. The number of hydrogen-bond donors (Lipinski definition) is 0. The van der Waals surface area contributed by atoms with E-state index in [1.165, 1.54) is 0 Å². The Hall–Kier alpha value is -0.760. The van der Waals surface area contributed by atoms with E-state index in [0.29, 0.717) is 0 Å². The van der Waals surface area contributed by atoms with E-state index in [-0.39, 0.29) is 0 Å². The molecule has 0 aliphatic rings. The summed E-state index contributed by atoms with van der Waals surface area (Å²) in [4.78, 5) is 4.01. The molecule has 3 heteroatoms. The van der Waals surface area contributed by atoms with E-state index in [1.807, 2.05) is 29.9 Å². The Morgan fingerprint density at radius 3 is 2.80 bits per heavy atom. The number of halogens is 1.